The predicted molar refractivity (Wildman–Crippen MR) is 48.5 cm³/mol. The van der Waals surface area contributed by atoms with Gasteiger partial charge in [0.25, 0.3) is 0 Å². The van der Waals surface area contributed by atoms with Crippen LogP contribution in [0.25, 0.3) is 0 Å². The second-order valence-corrected chi connectivity index (χ2v) is 3.80. The smallest absolute Gasteiger partial charge is 0.0107 e. The van der Waals surface area contributed by atoms with Gasteiger partial charge in [0, 0.05) is 19.1 Å². The number of nitrogens with zero attached hydrogens (tertiary/aromatic N) is 1. The fourth-order valence-corrected chi connectivity index (χ4v) is 1.95. The maximum absolute atomic E-state index is 5.51. The Balaban J connectivity index is 2.31. The van der Waals surface area contributed by atoms with Crippen LogP contribution < -0.4 is 5.73 Å². The zero-order valence-corrected chi connectivity index (χ0v) is 7.71. The largest absolute Gasteiger partial charge is 0.329 e. The Morgan fingerprint density at radius 2 is 2.18 bits per heavy atom. The molecule has 0 aromatic carbocycles. The summed E-state index contributed by atoms with van der Waals surface area (Å²) >= 11 is 0. The lowest BCUT2D eigenvalue weighted by Gasteiger charge is -2.36. The number of rotatable bonds is 2. The molecule has 66 valence electrons. The van der Waals surface area contributed by atoms with Gasteiger partial charge in [-0.1, -0.05) is 6.92 Å². The van der Waals surface area contributed by atoms with Crippen LogP contribution in [0.5, 0.6) is 0 Å². The summed E-state index contributed by atoms with van der Waals surface area (Å²) in [5.41, 5.74) is 5.51. The molecule has 2 heteroatoms. The van der Waals surface area contributed by atoms with Gasteiger partial charge in [0.2, 0.25) is 0 Å². The Morgan fingerprint density at radius 3 is 2.73 bits per heavy atom. The van der Waals surface area contributed by atoms with E-state index < -0.39 is 0 Å². The molecule has 0 amide bonds. The molecule has 0 saturated carbocycles. The Labute approximate surface area is 69.8 Å². The summed E-state index contributed by atoms with van der Waals surface area (Å²) in [4.78, 5) is 2.50. The first-order chi connectivity index (χ1) is 5.24. The summed E-state index contributed by atoms with van der Waals surface area (Å²) in [6.07, 6.45) is 2.70. The topological polar surface area (TPSA) is 29.3 Å². The Bertz CT molecular complexity index is 114. The van der Waals surface area contributed by atoms with Crippen molar-refractivity contribution in [1.29, 1.82) is 0 Å². The van der Waals surface area contributed by atoms with E-state index in [-0.39, 0.29) is 0 Å². The van der Waals surface area contributed by atoms with Gasteiger partial charge in [-0.15, -0.1) is 0 Å². The van der Waals surface area contributed by atoms with Crippen LogP contribution in [0.4, 0.5) is 0 Å². The fourth-order valence-electron chi connectivity index (χ4n) is 1.95. The molecule has 1 rings (SSSR count). The highest BCUT2D eigenvalue weighted by atomic mass is 15.2. The first-order valence-corrected chi connectivity index (χ1v) is 4.68. The molecule has 0 aromatic rings. The van der Waals surface area contributed by atoms with Gasteiger partial charge in [-0.3, -0.25) is 4.90 Å². The molecule has 0 unspecified atom stereocenters. The van der Waals surface area contributed by atoms with E-state index >= 15 is 0 Å². The quantitative estimate of drug-likeness (QED) is 0.648. The highest BCUT2D eigenvalue weighted by Crippen LogP contribution is 2.21. The summed E-state index contributed by atoms with van der Waals surface area (Å²) in [5.74, 6) is 0.916. The van der Waals surface area contributed by atoms with Crippen molar-refractivity contribution in [3.63, 3.8) is 0 Å². The summed E-state index contributed by atoms with van der Waals surface area (Å²) in [7, 11) is 0. The third-order valence-electron chi connectivity index (χ3n) is 2.69. The highest BCUT2D eigenvalue weighted by molar-refractivity contribution is 4.76. The molecule has 1 aliphatic heterocycles. The molecule has 2 atom stereocenters. The minimum absolute atomic E-state index is 0.752. The van der Waals surface area contributed by atoms with Crippen LogP contribution in [0.1, 0.15) is 26.7 Å². The number of likely N-dealkylation sites (tertiary alicyclic amines) is 1. The lowest BCUT2D eigenvalue weighted by Crippen LogP contribution is -2.42. The molecular weight excluding hydrogens is 136 g/mol. The summed E-state index contributed by atoms with van der Waals surface area (Å²) in [6, 6.07) is 0.752. The van der Waals surface area contributed by atoms with Gasteiger partial charge in [0.15, 0.2) is 0 Å². The molecule has 1 saturated heterocycles. The molecular formula is C9H20N2. The van der Waals surface area contributed by atoms with Gasteiger partial charge < -0.3 is 5.73 Å². The molecule has 2 N–H and O–H groups in total. The van der Waals surface area contributed by atoms with E-state index in [9.17, 15) is 0 Å². The molecule has 0 radical (unpaired) electrons. The van der Waals surface area contributed by atoms with Crippen molar-refractivity contribution in [2.45, 2.75) is 32.7 Å². The van der Waals surface area contributed by atoms with Gasteiger partial charge in [0.1, 0.15) is 0 Å². The molecule has 1 heterocycles. The average molecular weight is 156 g/mol. The maximum atomic E-state index is 5.51. The van der Waals surface area contributed by atoms with Crippen LogP contribution >= 0.6 is 0 Å². The van der Waals surface area contributed by atoms with E-state index in [1.54, 1.807) is 0 Å². The second-order valence-electron chi connectivity index (χ2n) is 3.80. The third-order valence-corrected chi connectivity index (χ3v) is 2.69. The van der Waals surface area contributed by atoms with Crippen molar-refractivity contribution in [2.75, 3.05) is 19.6 Å². The molecule has 11 heavy (non-hydrogen) atoms. The molecule has 0 bridgehead atoms. The lowest BCUT2D eigenvalue weighted by atomic mass is 9.93. The second kappa shape index (κ2) is 4.07. The van der Waals surface area contributed by atoms with E-state index in [0.29, 0.717) is 0 Å². The van der Waals surface area contributed by atoms with Crippen LogP contribution in [0.2, 0.25) is 0 Å². The third kappa shape index (κ3) is 2.46. The van der Waals surface area contributed by atoms with Crippen LogP contribution in [0.15, 0.2) is 0 Å². The van der Waals surface area contributed by atoms with Gasteiger partial charge in [-0.25, -0.2) is 0 Å². The molecule has 0 spiro atoms. The van der Waals surface area contributed by atoms with Gasteiger partial charge in [-0.2, -0.15) is 0 Å². The van der Waals surface area contributed by atoms with E-state index in [0.717, 1.165) is 25.0 Å². The minimum Gasteiger partial charge on any atom is -0.329 e. The summed E-state index contributed by atoms with van der Waals surface area (Å²) in [6.45, 7) is 7.79. The lowest BCUT2D eigenvalue weighted by molar-refractivity contribution is 0.133. The number of hydrogen-bond donors (Lipinski definition) is 1. The van der Waals surface area contributed by atoms with E-state index in [4.69, 9.17) is 5.73 Å². The molecule has 0 aromatic heterocycles. The first-order valence-electron chi connectivity index (χ1n) is 4.68. The van der Waals surface area contributed by atoms with Crippen LogP contribution in [0.3, 0.4) is 0 Å². The summed E-state index contributed by atoms with van der Waals surface area (Å²) in [5, 5.41) is 0. The van der Waals surface area contributed by atoms with Crippen LogP contribution in [-0.4, -0.2) is 30.6 Å². The predicted octanol–water partition coefficient (Wildman–Crippen LogP) is 1.07. The molecule has 2 nitrogen and oxygen atoms in total. The SMILES string of the molecule is C[C@H]1CCN(CCN)[C@@H](C)C1. The van der Waals surface area contributed by atoms with E-state index in [1.807, 2.05) is 0 Å². The van der Waals surface area contributed by atoms with E-state index in [2.05, 4.69) is 18.7 Å². The highest BCUT2D eigenvalue weighted by Gasteiger charge is 2.21. The maximum Gasteiger partial charge on any atom is 0.0107 e. The number of nitrogens with two attached hydrogens (primary N) is 1. The van der Waals surface area contributed by atoms with Crippen molar-refractivity contribution in [3.8, 4) is 0 Å². The zero-order chi connectivity index (χ0) is 8.27. The average Bonchev–Trinajstić information content (AvgIpc) is 1.95. The Morgan fingerprint density at radius 1 is 1.45 bits per heavy atom. The summed E-state index contributed by atoms with van der Waals surface area (Å²) < 4.78 is 0. The van der Waals surface area contributed by atoms with Crippen molar-refractivity contribution in [1.82, 2.24) is 4.90 Å². The first kappa shape index (κ1) is 9.01. The Hall–Kier alpha value is -0.0800. The normalized spacial score (nSPS) is 34.1. The number of piperidine rings is 1. The van der Waals surface area contributed by atoms with Crippen LogP contribution in [-0.2, 0) is 0 Å². The van der Waals surface area contributed by atoms with Crippen molar-refractivity contribution in [3.05, 3.63) is 0 Å². The van der Waals surface area contributed by atoms with Gasteiger partial charge in [-0.05, 0) is 32.2 Å². The standard InChI is InChI=1S/C9H20N2/c1-8-3-5-11(6-4-10)9(2)7-8/h8-9H,3-7,10H2,1-2H3/t8-,9-/m0/s1. The van der Waals surface area contributed by atoms with Crippen molar-refractivity contribution in [2.24, 2.45) is 11.7 Å². The Kier molecular flexibility index (Phi) is 3.34. The molecule has 0 aliphatic carbocycles. The molecule has 1 aliphatic rings. The minimum atomic E-state index is 0.752. The fraction of sp³-hybridized carbons (Fsp3) is 1.00. The zero-order valence-electron chi connectivity index (χ0n) is 7.71. The van der Waals surface area contributed by atoms with Gasteiger partial charge >= 0.3 is 0 Å². The van der Waals surface area contributed by atoms with Gasteiger partial charge in [0.05, 0.1) is 0 Å². The van der Waals surface area contributed by atoms with Crippen molar-refractivity contribution >= 4 is 0 Å². The van der Waals surface area contributed by atoms with E-state index in [1.165, 1.54) is 19.4 Å². The van der Waals surface area contributed by atoms with Crippen molar-refractivity contribution < 1.29 is 0 Å². The molecule has 1 fully saturated rings. The number of hydrogen-bond acceptors (Lipinski definition) is 2. The van der Waals surface area contributed by atoms with Crippen LogP contribution in [0, 0.1) is 5.92 Å². The monoisotopic (exact) mass is 156 g/mol.